The molecule has 0 bridgehead atoms. The summed E-state index contributed by atoms with van der Waals surface area (Å²) in [6.45, 7) is 0. The Hall–Kier alpha value is -2.76. The largest absolute Gasteiger partial charge is 0.305 e. The third-order valence-electron chi connectivity index (χ3n) is 4.26. The number of carbonyl (C=O) groups excluding carboxylic acids is 1. The predicted octanol–water partition coefficient (Wildman–Crippen LogP) is 3.19. The number of nitrogens with zero attached hydrogens (tertiary/aromatic N) is 4. The van der Waals surface area contributed by atoms with Crippen LogP contribution in [0.25, 0.3) is 11.0 Å². The van der Waals surface area contributed by atoms with Gasteiger partial charge in [-0.05, 0) is 25.0 Å². The summed E-state index contributed by atoms with van der Waals surface area (Å²) in [5.41, 5.74) is 1.80. The average Bonchev–Trinajstić information content (AvgIpc) is 3.25. The first kappa shape index (κ1) is 13.9. The molecule has 3 aromatic rings. The minimum Gasteiger partial charge on any atom is -0.305 e. The van der Waals surface area contributed by atoms with Crippen LogP contribution in [0.2, 0.25) is 0 Å². The molecule has 116 valence electrons. The topological polar surface area (TPSA) is 72.7 Å². The van der Waals surface area contributed by atoms with Crippen LogP contribution >= 0.6 is 0 Å². The normalized spacial score (nSPS) is 15.1. The molecule has 0 unspecified atom stereocenters. The summed E-state index contributed by atoms with van der Waals surface area (Å²) >= 11 is 0. The molecule has 0 radical (unpaired) electrons. The van der Waals surface area contributed by atoms with Crippen molar-refractivity contribution in [3.63, 3.8) is 0 Å². The number of rotatable bonds is 3. The van der Waals surface area contributed by atoms with Crippen LogP contribution in [0, 0.1) is 0 Å². The Morgan fingerprint density at radius 1 is 1.13 bits per heavy atom. The summed E-state index contributed by atoms with van der Waals surface area (Å²) < 4.78 is 1.92. The summed E-state index contributed by atoms with van der Waals surface area (Å²) in [7, 11) is 0. The van der Waals surface area contributed by atoms with E-state index in [0.29, 0.717) is 17.3 Å². The van der Waals surface area contributed by atoms with Crippen LogP contribution in [0.5, 0.6) is 0 Å². The molecule has 23 heavy (non-hydrogen) atoms. The molecular formula is C17H17N5O. The SMILES string of the molecule is O=C(Nc1ccnn1C1CCCC1)c1cnc2ccccc2n1. The van der Waals surface area contributed by atoms with Gasteiger partial charge in [0, 0.05) is 6.07 Å². The summed E-state index contributed by atoms with van der Waals surface area (Å²) in [4.78, 5) is 21.1. The van der Waals surface area contributed by atoms with Crippen molar-refractivity contribution in [3.05, 3.63) is 48.4 Å². The van der Waals surface area contributed by atoms with Crippen molar-refractivity contribution in [2.75, 3.05) is 5.32 Å². The van der Waals surface area contributed by atoms with Crippen molar-refractivity contribution in [1.29, 1.82) is 0 Å². The molecular weight excluding hydrogens is 290 g/mol. The Morgan fingerprint density at radius 2 is 1.91 bits per heavy atom. The first-order valence-corrected chi connectivity index (χ1v) is 7.88. The van der Waals surface area contributed by atoms with Crippen molar-refractivity contribution in [2.45, 2.75) is 31.7 Å². The van der Waals surface area contributed by atoms with Crippen LogP contribution in [0.15, 0.2) is 42.7 Å². The van der Waals surface area contributed by atoms with Gasteiger partial charge in [-0.1, -0.05) is 25.0 Å². The molecule has 1 aliphatic rings. The van der Waals surface area contributed by atoms with Gasteiger partial charge in [-0.15, -0.1) is 0 Å². The van der Waals surface area contributed by atoms with Gasteiger partial charge >= 0.3 is 0 Å². The smallest absolute Gasteiger partial charge is 0.277 e. The van der Waals surface area contributed by atoms with Gasteiger partial charge in [-0.3, -0.25) is 9.78 Å². The van der Waals surface area contributed by atoms with Gasteiger partial charge in [-0.25, -0.2) is 9.67 Å². The number of nitrogens with one attached hydrogen (secondary N) is 1. The highest BCUT2D eigenvalue weighted by Crippen LogP contribution is 2.31. The van der Waals surface area contributed by atoms with Gasteiger partial charge in [0.1, 0.15) is 11.5 Å². The number of para-hydroxylation sites is 2. The highest BCUT2D eigenvalue weighted by Gasteiger charge is 2.21. The lowest BCUT2D eigenvalue weighted by molar-refractivity contribution is 0.102. The maximum atomic E-state index is 12.5. The molecule has 1 aliphatic carbocycles. The number of fused-ring (bicyclic) bond motifs is 1. The molecule has 2 heterocycles. The molecule has 1 fully saturated rings. The first-order valence-electron chi connectivity index (χ1n) is 7.88. The molecule has 6 heteroatoms. The van der Waals surface area contributed by atoms with E-state index in [2.05, 4.69) is 20.4 Å². The zero-order valence-electron chi connectivity index (χ0n) is 12.6. The van der Waals surface area contributed by atoms with Crippen LogP contribution < -0.4 is 5.32 Å². The standard InChI is InChI=1S/C17H17N5O/c23-17(15-11-18-13-7-3-4-8-14(13)20-15)21-16-9-10-19-22(16)12-5-1-2-6-12/h3-4,7-12H,1-2,5-6H2,(H,21,23). The maximum absolute atomic E-state index is 12.5. The van der Waals surface area contributed by atoms with E-state index in [9.17, 15) is 4.79 Å². The van der Waals surface area contributed by atoms with E-state index in [1.807, 2.05) is 35.0 Å². The lowest BCUT2D eigenvalue weighted by Gasteiger charge is -2.14. The van der Waals surface area contributed by atoms with Gasteiger partial charge in [0.05, 0.1) is 29.5 Å². The molecule has 1 saturated carbocycles. The van der Waals surface area contributed by atoms with Crippen LogP contribution in [-0.2, 0) is 0 Å². The lowest BCUT2D eigenvalue weighted by atomic mass is 10.2. The van der Waals surface area contributed by atoms with E-state index in [1.165, 1.54) is 19.0 Å². The van der Waals surface area contributed by atoms with Crippen molar-refractivity contribution in [1.82, 2.24) is 19.7 Å². The number of amides is 1. The molecule has 0 saturated heterocycles. The van der Waals surface area contributed by atoms with Gasteiger partial charge < -0.3 is 5.32 Å². The van der Waals surface area contributed by atoms with Gasteiger partial charge in [0.15, 0.2) is 0 Å². The molecule has 0 spiro atoms. The summed E-state index contributed by atoms with van der Waals surface area (Å²) in [6.07, 6.45) is 7.89. The van der Waals surface area contributed by atoms with E-state index in [-0.39, 0.29) is 5.91 Å². The van der Waals surface area contributed by atoms with Crippen molar-refractivity contribution >= 4 is 22.8 Å². The highest BCUT2D eigenvalue weighted by atomic mass is 16.2. The van der Waals surface area contributed by atoms with Crippen molar-refractivity contribution < 1.29 is 4.79 Å². The minimum atomic E-state index is -0.261. The fourth-order valence-electron chi connectivity index (χ4n) is 3.10. The fraction of sp³-hybridized carbons (Fsp3) is 0.294. The van der Waals surface area contributed by atoms with Crippen LogP contribution in [0.1, 0.15) is 42.2 Å². The molecule has 1 aromatic carbocycles. The maximum Gasteiger partial charge on any atom is 0.277 e. The van der Waals surface area contributed by atoms with E-state index in [1.54, 1.807) is 6.20 Å². The lowest BCUT2D eigenvalue weighted by Crippen LogP contribution is -2.18. The Kier molecular flexibility index (Phi) is 3.49. The third kappa shape index (κ3) is 2.67. The zero-order chi connectivity index (χ0) is 15.6. The number of aromatic nitrogens is 4. The second kappa shape index (κ2) is 5.79. The number of carbonyl (C=O) groups is 1. The first-order chi connectivity index (χ1) is 11.3. The fourth-order valence-corrected chi connectivity index (χ4v) is 3.10. The summed E-state index contributed by atoms with van der Waals surface area (Å²) in [5.74, 6) is 0.458. The Bertz CT molecular complexity index is 851. The second-order valence-corrected chi connectivity index (χ2v) is 5.80. The van der Waals surface area contributed by atoms with E-state index in [4.69, 9.17) is 0 Å². The second-order valence-electron chi connectivity index (χ2n) is 5.80. The van der Waals surface area contributed by atoms with Crippen molar-refractivity contribution in [2.24, 2.45) is 0 Å². The predicted molar refractivity (Wildman–Crippen MR) is 87.2 cm³/mol. The number of anilines is 1. The summed E-state index contributed by atoms with van der Waals surface area (Å²) in [6, 6.07) is 9.71. The molecule has 0 aliphatic heterocycles. The molecule has 4 rings (SSSR count). The molecule has 2 aromatic heterocycles. The van der Waals surface area contributed by atoms with Gasteiger partial charge in [0.2, 0.25) is 0 Å². The third-order valence-corrected chi connectivity index (χ3v) is 4.26. The van der Waals surface area contributed by atoms with E-state index in [0.717, 1.165) is 24.2 Å². The number of benzene rings is 1. The van der Waals surface area contributed by atoms with Crippen LogP contribution in [0.3, 0.4) is 0 Å². The van der Waals surface area contributed by atoms with E-state index >= 15 is 0 Å². The Labute approximate surface area is 133 Å². The average molecular weight is 307 g/mol. The quantitative estimate of drug-likeness (QED) is 0.806. The Morgan fingerprint density at radius 3 is 2.74 bits per heavy atom. The zero-order valence-corrected chi connectivity index (χ0v) is 12.6. The minimum absolute atomic E-state index is 0.261. The molecule has 1 N–H and O–H groups in total. The monoisotopic (exact) mass is 307 g/mol. The highest BCUT2D eigenvalue weighted by molar-refractivity contribution is 6.03. The van der Waals surface area contributed by atoms with Crippen LogP contribution in [0.4, 0.5) is 5.82 Å². The number of hydrogen-bond donors (Lipinski definition) is 1. The Balaban J connectivity index is 1.58. The van der Waals surface area contributed by atoms with Gasteiger partial charge in [0.25, 0.3) is 5.91 Å². The molecule has 1 amide bonds. The van der Waals surface area contributed by atoms with E-state index < -0.39 is 0 Å². The van der Waals surface area contributed by atoms with Crippen LogP contribution in [-0.4, -0.2) is 25.7 Å². The number of hydrogen-bond acceptors (Lipinski definition) is 4. The van der Waals surface area contributed by atoms with Gasteiger partial charge in [-0.2, -0.15) is 5.10 Å². The molecule has 0 atom stereocenters. The van der Waals surface area contributed by atoms with Crippen molar-refractivity contribution in [3.8, 4) is 0 Å². The summed E-state index contributed by atoms with van der Waals surface area (Å²) in [5, 5.41) is 7.27. The molecule has 6 nitrogen and oxygen atoms in total.